The molecule has 1 aliphatic heterocycles. The van der Waals surface area contributed by atoms with Crippen LogP contribution in [0.1, 0.15) is 38.8 Å². The summed E-state index contributed by atoms with van der Waals surface area (Å²) in [5.41, 5.74) is 1.88. The lowest BCUT2D eigenvalue weighted by molar-refractivity contribution is -0.143. The molecule has 1 aromatic carbocycles. The summed E-state index contributed by atoms with van der Waals surface area (Å²) in [7, 11) is -1.94. The molecule has 6 nitrogen and oxygen atoms in total. The maximum Gasteiger partial charge on any atom is 0.251 e. The maximum atomic E-state index is 12.6. The predicted octanol–water partition coefficient (Wildman–Crippen LogP) is 1.62. The van der Waals surface area contributed by atoms with Crippen molar-refractivity contribution in [1.29, 1.82) is 0 Å². The summed E-state index contributed by atoms with van der Waals surface area (Å²) >= 11 is 0. The predicted molar refractivity (Wildman–Crippen MR) is 96.5 cm³/mol. The molecule has 2 rings (SSSR count). The largest absolute Gasteiger partial charge is 0.383 e. The number of hydrogen-bond donors (Lipinski definition) is 1. The van der Waals surface area contributed by atoms with Crippen LogP contribution in [0.3, 0.4) is 0 Å². The van der Waals surface area contributed by atoms with Crippen LogP contribution in [-0.4, -0.2) is 54.4 Å². The number of hydrogen-bond acceptors (Lipinski definition) is 4. The highest BCUT2D eigenvalue weighted by molar-refractivity contribution is 7.89. The molecule has 0 spiro atoms. The molecule has 0 aromatic heterocycles. The van der Waals surface area contributed by atoms with Gasteiger partial charge < -0.3 is 10.0 Å². The maximum absolute atomic E-state index is 12.6. The van der Waals surface area contributed by atoms with Gasteiger partial charge in [0.25, 0.3) is 5.91 Å². The molecule has 140 valence electrons. The fourth-order valence-electron chi connectivity index (χ4n) is 2.79. The summed E-state index contributed by atoms with van der Waals surface area (Å²) in [6.07, 6.45) is -0.415. The lowest BCUT2D eigenvalue weighted by Crippen LogP contribution is -2.44. The molecule has 1 amide bonds. The van der Waals surface area contributed by atoms with Crippen molar-refractivity contribution in [2.24, 2.45) is 5.92 Å². The van der Waals surface area contributed by atoms with Crippen LogP contribution in [0.4, 0.5) is 0 Å². The van der Waals surface area contributed by atoms with Crippen LogP contribution in [0.15, 0.2) is 23.1 Å². The molecule has 0 fully saturated rings. The van der Waals surface area contributed by atoms with Gasteiger partial charge in [0.2, 0.25) is 10.0 Å². The molecule has 1 heterocycles. The van der Waals surface area contributed by atoms with Crippen molar-refractivity contribution in [2.45, 2.75) is 57.7 Å². The van der Waals surface area contributed by atoms with Crippen LogP contribution >= 0.6 is 0 Å². The number of carbonyl (C=O) groups excluding carboxylic acids is 1. The van der Waals surface area contributed by atoms with Crippen LogP contribution in [0.25, 0.3) is 0 Å². The van der Waals surface area contributed by atoms with Gasteiger partial charge >= 0.3 is 0 Å². The second-order valence-electron chi connectivity index (χ2n) is 7.24. The molecular weight excluding hydrogens is 340 g/mol. The first-order chi connectivity index (χ1) is 11.6. The third kappa shape index (κ3) is 4.04. The van der Waals surface area contributed by atoms with E-state index in [0.29, 0.717) is 19.5 Å². The van der Waals surface area contributed by atoms with Gasteiger partial charge in [0.05, 0.1) is 4.90 Å². The number of amides is 1. The number of sulfonamides is 1. The zero-order valence-electron chi connectivity index (χ0n) is 15.6. The summed E-state index contributed by atoms with van der Waals surface area (Å²) in [4.78, 5) is 14.2. The molecule has 0 saturated heterocycles. The molecule has 0 radical (unpaired) electrons. The van der Waals surface area contributed by atoms with Crippen LogP contribution in [0.5, 0.6) is 0 Å². The zero-order valence-corrected chi connectivity index (χ0v) is 16.4. The van der Waals surface area contributed by atoms with Crippen molar-refractivity contribution in [3.63, 3.8) is 0 Å². The summed E-state index contributed by atoms with van der Waals surface area (Å²) in [6, 6.07) is 4.97. The van der Waals surface area contributed by atoms with Crippen molar-refractivity contribution >= 4 is 15.9 Å². The van der Waals surface area contributed by atoms with Crippen molar-refractivity contribution in [1.82, 2.24) is 9.21 Å². The highest BCUT2D eigenvalue weighted by Gasteiger charge is 2.29. The molecule has 1 aliphatic rings. The van der Waals surface area contributed by atoms with Gasteiger partial charge in [0.15, 0.2) is 0 Å². The van der Waals surface area contributed by atoms with Crippen molar-refractivity contribution < 1.29 is 18.3 Å². The van der Waals surface area contributed by atoms with E-state index in [4.69, 9.17) is 0 Å². The normalized spacial score (nSPS) is 16.4. The second-order valence-corrected chi connectivity index (χ2v) is 9.24. The Hall–Kier alpha value is -1.44. The van der Waals surface area contributed by atoms with E-state index in [1.807, 2.05) is 27.7 Å². The third-order valence-electron chi connectivity index (χ3n) is 4.79. The van der Waals surface area contributed by atoms with Gasteiger partial charge in [-0.05, 0) is 49.4 Å². The van der Waals surface area contributed by atoms with Gasteiger partial charge in [-0.25, -0.2) is 8.42 Å². The van der Waals surface area contributed by atoms with Gasteiger partial charge in [-0.15, -0.1) is 0 Å². The number of carbonyl (C=O) groups is 1. The minimum absolute atomic E-state index is 0.119. The monoisotopic (exact) mass is 368 g/mol. The molecule has 0 unspecified atom stereocenters. The standard InChI is InChI=1S/C18H28N2O4S/c1-12(2)17(21)18(22)20-9-8-14-10-16(7-6-15(14)11-20)25(23,24)19(5)13(3)4/h6-7,10,12-13,17,21H,8-9,11H2,1-5H3/t17-/m0/s1. The summed E-state index contributed by atoms with van der Waals surface area (Å²) in [6.45, 7) is 8.17. The van der Waals surface area contributed by atoms with E-state index in [1.165, 1.54) is 4.31 Å². The summed E-state index contributed by atoms with van der Waals surface area (Å²) in [5.74, 6) is -0.398. The highest BCUT2D eigenvalue weighted by Crippen LogP contribution is 2.25. The number of aliphatic hydroxyl groups excluding tert-OH is 1. The molecule has 0 aliphatic carbocycles. The summed E-state index contributed by atoms with van der Waals surface area (Å²) < 4.78 is 26.6. The first kappa shape index (κ1) is 19.9. The van der Waals surface area contributed by atoms with Crippen LogP contribution in [0.2, 0.25) is 0 Å². The number of rotatable bonds is 5. The van der Waals surface area contributed by atoms with Gasteiger partial charge in [-0.1, -0.05) is 19.9 Å². The van der Waals surface area contributed by atoms with Crippen LogP contribution in [0, 0.1) is 5.92 Å². The summed E-state index contributed by atoms with van der Waals surface area (Å²) in [5, 5.41) is 9.98. The Labute approximate surface area is 150 Å². The number of aliphatic hydroxyl groups is 1. The number of fused-ring (bicyclic) bond motifs is 1. The minimum Gasteiger partial charge on any atom is -0.383 e. The molecule has 0 saturated carbocycles. The van der Waals surface area contributed by atoms with Gasteiger partial charge in [-0.3, -0.25) is 4.79 Å². The Morgan fingerprint density at radius 3 is 2.40 bits per heavy atom. The molecule has 7 heteroatoms. The zero-order chi connectivity index (χ0) is 18.9. The third-order valence-corrected chi connectivity index (χ3v) is 6.82. The average Bonchev–Trinajstić information content (AvgIpc) is 2.58. The van der Waals surface area contributed by atoms with Crippen molar-refractivity contribution in [3.8, 4) is 0 Å². The first-order valence-electron chi connectivity index (χ1n) is 8.62. The quantitative estimate of drug-likeness (QED) is 0.857. The van der Waals surface area contributed by atoms with Gasteiger partial charge in [0, 0.05) is 26.2 Å². The van der Waals surface area contributed by atoms with Gasteiger partial charge in [0.1, 0.15) is 6.10 Å². The van der Waals surface area contributed by atoms with E-state index in [-0.39, 0.29) is 22.8 Å². The number of benzene rings is 1. The molecule has 1 aromatic rings. The van der Waals surface area contributed by atoms with Crippen LogP contribution < -0.4 is 0 Å². The number of nitrogens with zero attached hydrogens (tertiary/aromatic N) is 2. The lowest BCUT2D eigenvalue weighted by atomic mass is 9.98. The van der Waals surface area contributed by atoms with E-state index in [0.717, 1.165) is 11.1 Å². The van der Waals surface area contributed by atoms with Gasteiger partial charge in [-0.2, -0.15) is 4.31 Å². The molecule has 1 atom stereocenters. The van der Waals surface area contributed by atoms with E-state index < -0.39 is 16.1 Å². The fraction of sp³-hybridized carbons (Fsp3) is 0.611. The molecular formula is C18H28N2O4S. The van der Waals surface area contributed by atoms with E-state index in [2.05, 4.69) is 0 Å². The van der Waals surface area contributed by atoms with Crippen LogP contribution in [-0.2, 0) is 27.8 Å². The Kier molecular flexibility index (Phi) is 5.91. The lowest BCUT2D eigenvalue weighted by Gasteiger charge is -2.32. The minimum atomic E-state index is -3.51. The molecule has 25 heavy (non-hydrogen) atoms. The Morgan fingerprint density at radius 2 is 1.84 bits per heavy atom. The average molecular weight is 368 g/mol. The Balaban J connectivity index is 2.24. The van der Waals surface area contributed by atoms with Crippen molar-refractivity contribution in [2.75, 3.05) is 13.6 Å². The second kappa shape index (κ2) is 7.43. The fourth-order valence-corrected chi connectivity index (χ4v) is 4.21. The Bertz CT molecular complexity index is 743. The Morgan fingerprint density at radius 1 is 1.20 bits per heavy atom. The van der Waals surface area contributed by atoms with E-state index >= 15 is 0 Å². The SMILES string of the molecule is CC(C)[C@H](O)C(=O)N1CCc2cc(S(=O)(=O)N(C)C(C)C)ccc2C1. The topological polar surface area (TPSA) is 77.9 Å². The molecule has 0 bridgehead atoms. The van der Waals surface area contributed by atoms with E-state index in [9.17, 15) is 18.3 Å². The van der Waals surface area contributed by atoms with Crippen molar-refractivity contribution in [3.05, 3.63) is 29.3 Å². The molecule has 1 N–H and O–H groups in total. The first-order valence-corrected chi connectivity index (χ1v) is 10.1. The van der Waals surface area contributed by atoms with E-state index in [1.54, 1.807) is 30.1 Å². The smallest absolute Gasteiger partial charge is 0.251 e. The highest BCUT2D eigenvalue weighted by atomic mass is 32.2.